The van der Waals surface area contributed by atoms with E-state index in [-0.39, 0.29) is 22.6 Å². The van der Waals surface area contributed by atoms with E-state index in [1.54, 1.807) is 14.0 Å². The van der Waals surface area contributed by atoms with Gasteiger partial charge in [0.15, 0.2) is 0 Å². The van der Waals surface area contributed by atoms with Gasteiger partial charge in [0.05, 0.1) is 0 Å². The molecule has 0 saturated heterocycles. The standard InChI is InChI=1S/C21H33O2PS.C8H10.C7H16/c1-18(22)21(15-9-17-23-2)14-8-10-19(13-16-21)24(3)25(4)20-11-6-5-7-12-20;1-7-3-5-8(2)6-4-7;1-5-7(4)6(2)3/h5-7,11-12,19H,4,8-10,13-17H2,1-3H3;3-6H,1-2H3;6-7H,5H2,1-4H3. The molecule has 0 aliphatic heterocycles. The van der Waals surface area contributed by atoms with Gasteiger partial charge in [-0.1, -0.05) is 100.0 Å². The Balaban J connectivity index is 0.000000433. The minimum Gasteiger partial charge on any atom is -0.385 e. The van der Waals surface area contributed by atoms with E-state index in [9.17, 15) is 4.79 Å². The molecule has 2 nitrogen and oxygen atoms in total. The lowest BCUT2D eigenvalue weighted by atomic mass is 9.73. The summed E-state index contributed by atoms with van der Waals surface area (Å²) in [6.45, 7) is 18.3. The second-order valence-electron chi connectivity index (χ2n) is 12.0. The molecule has 1 aliphatic rings. The third kappa shape index (κ3) is 13.1. The number of hydrogen-bond donors (Lipinski definition) is 0. The molecule has 5 unspecified atom stereocenters. The van der Waals surface area contributed by atoms with Crippen molar-refractivity contribution < 1.29 is 9.53 Å². The van der Waals surface area contributed by atoms with E-state index in [0.717, 1.165) is 49.8 Å². The van der Waals surface area contributed by atoms with Crippen LogP contribution in [0.2, 0.25) is 0 Å². The van der Waals surface area contributed by atoms with Crippen LogP contribution in [0.5, 0.6) is 0 Å². The third-order valence-corrected chi connectivity index (χ3v) is 15.4. The fourth-order valence-electron chi connectivity index (χ4n) is 5.12. The predicted octanol–water partition coefficient (Wildman–Crippen LogP) is 11.1. The monoisotopic (exact) mass is 586 g/mol. The molecule has 2 aromatic rings. The van der Waals surface area contributed by atoms with Crippen LogP contribution in [0.1, 0.15) is 97.1 Å². The topological polar surface area (TPSA) is 26.3 Å². The highest BCUT2D eigenvalue weighted by molar-refractivity contribution is 8.64. The number of carbonyl (C=O) groups is 1. The fraction of sp³-hybridized carbons (Fsp3) is 0.611. The number of ketones is 1. The summed E-state index contributed by atoms with van der Waals surface area (Å²) in [4.78, 5) is 13.8. The second-order valence-corrected chi connectivity index (χ2v) is 18.1. The second kappa shape index (κ2) is 19.8. The normalized spacial score (nSPS) is 21.1. The molecular weight excluding hydrogens is 527 g/mol. The van der Waals surface area contributed by atoms with Crippen molar-refractivity contribution in [2.24, 2.45) is 17.3 Å². The minimum atomic E-state index is -0.149. The van der Waals surface area contributed by atoms with Crippen molar-refractivity contribution in [3.8, 4) is 0 Å². The van der Waals surface area contributed by atoms with Gasteiger partial charge in [-0.2, -0.15) is 0 Å². The average molecular weight is 587 g/mol. The molecular formula is C36H59O2PS. The first-order valence-electron chi connectivity index (χ1n) is 15.3. The van der Waals surface area contributed by atoms with E-state index in [0.29, 0.717) is 5.78 Å². The van der Waals surface area contributed by atoms with Crippen molar-refractivity contribution in [2.45, 2.75) is 110 Å². The largest absolute Gasteiger partial charge is 0.385 e. The maximum atomic E-state index is 12.5. The van der Waals surface area contributed by atoms with Crippen LogP contribution >= 0.6 is 17.2 Å². The first kappa shape index (κ1) is 36.7. The third-order valence-electron chi connectivity index (χ3n) is 8.78. The van der Waals surface area contributed by atoms with E-state index in [4.69, 9.17) is 4.74 Å². The van der Waals surface area contributed by atoms with Crippen LogP contribution in [0.3, 0.4) is 0 Å². The predicted molar refractivity (Wildman–Crippen MR) is 184 cm³/mol. The molecule has 5 atom stereocenters. The van der Waals surface area contributed by atoms with E-state index in [1.807, 2.05) is 0 Å². The summed E-state index contributed by atoms with van der Waals surface area (Å²) in [5.41, 5.74) is 3.29. The van der Waals surface area contributed by atoms with Gasteiger partial charge in [0.25, 0.3) is 0 Å². The summed E-state index contributed by atoms with van der Waals surface area (Å²) in [7, 11) is 1.68. The smallest absolute Gasteiger partial charge is 0.135 e. The molecule has 0 heterocycles. The fourth-order valence-corrected chi connectivity index (χ4v) is 10.4. The number of aryl methyl sites for hydroxylation is 2. The SMILES string of the molecule is C=S(c1ccccc1)P(C)C1CCCC(CCCOC)(C(C)=O)CC1.CCC(C)C(C)C.Cc1ccc(C)cc1. The summed E-state index contributed by atoms with van der Waals surface area (Å²) in [5, 5.41) is 0. The zero-order valence-electron chi connectivity index (χ0n) is 27.2. The number of rotatable bonds is 10. The number of benzene rings is 2. The number of ether oxygens (including phenoxy) is 1. The van der Waals surface area contributed by atoms with Gasteiger partial charge in [0.1, 0.15) is 5.78 Å². The van der Waals surface area contributed by atoms with Gasteiger partial charge < -0.3 is 4.74 Å². The molecule has 1 fully saturated rings. The van der Waals surface area contributed by atoms with Crippen LogP contribution in [-0.2, 0) is 9.53 Å². The van der Waals surface area contributed by atoms with E-state index < -0.39 is 0 Å². The van der Waals surface area contributed by atoms with Crippen molar-refractivity contribution in [1.29, 1.82) is 0 Å². The van der Waals surface area contributed by atoms with Crippen LogP contribution in [0.25, 0.3) is 0 Å². The molecule has 3 rings (SSSR count). The molecule has 0 radical (unpaired) electrons. The van der Waals surface area contributed by atoms with Gasteiger partial charge in [0.2, 0.25) is 0 Å². The Bertz CT molecular complexity index is 951. The first-order valence-corrected chi connectivity index (χ1v) is 19.2. The molecule has 0 N–H and O–H groups in total. The van der Waals surface area contributed by atoms with E-state index in [1.165, 1.54) is 41.7 Å². The lowest BCUT2D eigenvalue weighted by Crippen LogP contribution is -2.29. The Labute approximate surface area is 251 Å². The highest BCUT2D eigenvalue weighted by atomic mass is 32.7. The Kier molecular flexibility index (Phi) is 18.2. The van der Waals surface area contributed by atoms with Gasteiger partial charge in [-0.05, 0) is 103 Å². The van der Waals surface area contributed by atoms with Crippen LogP contribution in [0, 0.1) is 31.1 Å². The van der Waals surface area contributed by atoms with Crippen LogP contribution in [0.15, 0.2) is 59.5 Å². The molecule has 4 heteroatoms. The van der Waals surface area contributed by atoms with Crippen molar-refractivity contribution in [3.63, 3.8) is 0 Å². The van der Waals surface area contributed by atoms with Gasteiger partial charge in [-0.3, -0.25) is 4.79 Å². The molecule has 0 amide bonds. The highest BCUT2D eigenvalue weighted by Crippen LogP contribution is 2.62. The number of hydrogen-bond acceptors (Lipinski definition) is 2. The lowest BCUT2D eigenvalue weighted by molar-refractivity contribution is -0.128. The maximum Gasteiger partial charge on any atom is 0.135 e. The summed E-state index contributed by atoms with van der Waals surface area (Å²) in [6, 6.07) is 19.2. The Morgan fingerprint density at radius 2 is 1.60 bits per heavy atom. The quantitative estimate of drug-likeness (QED) is 0.120. The van der Waals surface area contributed by atoms with E-state index in [2.05, 4.69) is 109 Å². The zero-order valence-corrected chi connectivity index (χ0v) is 28.9. The molecule has 0 bridgehead atoms. The number of methoxy groups -OCH3 is 1. The molecule has 40 heavy (non-hydrogen) atoms. The number of carbonyl (C=O) groups excluding carboxylic acids is 1. The lowest BCUT2D eigenvalue weighted by Gasteiger charge is -2.31. The van der Waals surface area contributed by atoms with Crippen LogP contribution in [-0.4, -0.2) is 37.7 Å². The Hall–Kier alpha value is -1.28. The molecule has 0 aromatic heterocycles. The molecule has 2 aromatic carbocycles. The molecule has 0 spiro atoms. The zero-order chi connectivity index (χ0) is 30.1. The van der Waals surface area contributed by atoms with Crippen molar-refractivity contribution in [1.82, 2.24) is 0 Å². The summed E-state index contributed by atoms with van der Waals surface area (Å²) >= 11 is 0. The maximum absolute atomic E-state index is 12.5. The van der Waals surface area contributed by atoms with Gasteiger partial charge in [0, 0.05) is 24.0 Å². The van der Waals surface area contributed by atoms with E-state index >= 15 is 0 Å². The van der Waals surface area contributed by atoms with Crippen LogP contribution in [0.4, 0.5) is 0 Å². The average Bonchev–Trinajstić information content (AvgIpc) is 3.18. The van der Waals surface area contributed by atoms with Gasteiger partial charge >= 0.3 is 0 Å². The van der Waals surface area contributed by atoms with Gasteiger partial charge in [-0.15, -0.1) is 10.1 Å². The Morgan fingerprint density at radius 3 is 2.05 bits per heavy atom. The summed E-state index contributed by atoms with van der Waals surface area (Å²) < 4.78 is 5.21. The molecule has 226 valence electrons. The van der Waals surface area contributed by atoms with Crippen LogP contribution < -0.4 is 0 Å². The molecule has 1 aliphatic carbocycles. The highest BCUT2D eigenvalue weighted by Gasteiger charge is 2.38. The summed E-state index contributed by atoms with van der Waals surface area (Å²) in [5.74, 6) is 6.68. The summed E-state index contributed by atoms with van der Waals surface area (Å²) in [6.07, 6.45) is 9.02. The van der Waals surface area contributed by atoms with Crippen molar-refractivity contribution in [3.05, 3.63) is 65.7 Å². The molecule has 1 saturated carbocycles. The van der Waals surface area contributed by atoms with Crippen molar-refractivity contribution in [2.75, 3.05) is 20.4 Å². The Morgan fingerprint density at radius 1 is 1.02 bits per heavy atom. The number of Topliss-reactive ketones (excluding diaryl/α,β-unsaturated/α-hetero) is 1. The first-order chi connectivity index (χ1) is 19.0. The minimum absolute atomic E-state index is 0.0842. The van der Waals surface area contributed by atoms with Crippen molar-refractivity contribution >= 4 is 28.9 Å². The van der Waals surface area contributed by atoms with Gasteiger partial charge in [-0.25, -0.2) is 0 Å².